The first-order valence-electron chi connectivity index (χ1n) is 12.9. The van der Waals surface area contributed by atoms with Gasteiger partial charge in [0.1, 0.15) is 6.61 Å². The van der Waals surface area contributed by atoms with Crippen LogP contribution in [0.15, 0.2) is 30.3 Å². The molecule has 0 aliphatic carbocycles. The van der Waals surface area contributed by atoms with Crippen LogP contribution in [0.5, 0.6) is 0 Å². The number of hydrogen-bond donors (Lipinski definition) is 1. The Hall–Kier alpha value is -3.96. The van der Waals surface area contributed by atoms with Gasteiger partial charge < -0.3 is 29.0 Å². The van der Waals surface area contributed by atoms with Crippen LogP contribution >= 0.6 is 0 Å². The van der Waals surface area contributed by atoms with Crippen LogP contribution in [0.25, 0.3) is 0 Å². The second-order valence-electron chi connectivity index (χ2n) is 6.39. The summed E-state index contributed by atoms with van der Waals surface area (Å²) in [5.74, 6) is -7.44. The quantitative estimate of drug-likeness (QED) is 0.350. The number of rotatable bonds is 11. The van der Waals surface area contributed by atoms with Crippen LogP contribution in [0.4, 0.5) is 5.69 Å². The van der Waals surface area contributed by atoms with Crippen LogP contribution in [0.2, 0.25) is 0 Å². The van der Waals surface area contributed by atoms with Crippen molar-refractivity contribution in [3.63, 3.8) is 0 Å². The molecule has 0 aromatic heterocycles. The summed E-state index contributed by atoms with van der Waals surface area (Å²) in [6, 6.07) is 7.62. The zero-order chi connectivity index (χ0) is 29.4. The summed E-state index contributed by atoms with van der Waals surface area (Å²) in [7, 11) is 0. The summed E-state index contributed by atoms with van der Waals surface area (Å²) in [6.45, 7) is -5.81. The Kier molecular flexibility index (Phi) is 8.23. The van der Waals surface area contributed by atoms with E-state index in [0.29, 0.717) is 0 Å². The number of esters is 5. The molecule has 0 saturated heterocycles. The molecule has 1 aromatic rings. The number of hydrogen-bond acceptors (Lipinski definition) is 11. The van der Waals surface area contributed by atoms with Gasteiger partial charge in [-0.2, -0.15) is 0 Å². The number of benzene rings is 1. The summed E-state index contributed by atoms with van der Waals surface area (Å²) in [5.41, 5.74) is 0.182. The van der Waals surface area contributed by atoms with Gasteiger partial charge in [-0.25, -0.2) is 0 Å². The van der Waals surface area contributed by atoms with Gasteiger partial charge in [0.15, 0.2) is 18.3 Å². The highest BCUT2D eigenvalue weighted by Crippen LogP contribution is 2.21. The molecule has 1 rings (SSSR count). The van der Waals surface area contributed by atoms with E-state index in [1.165, 1.54) is 12.1 Å². The molecular formula is C22H27NO11. The molecule has 4 atom stereocenters. The first kappa shape index (κ1) is 20.6. The molecule has 186 valence electrons. The third kappa shape index (κ3) is 10.1. The standard InChI is InChI=1S/C22H27NO11/c1-12(24)30-11-18(31-13(2)25)19(32-14(3)26)20(33-15(4)27)21(34-16(5)28)22(29)23-17-9-7-6-8-10-17/h6-10,18-21H,11H2,1-5H3,(H,23,29)/t18-,19-,20+,21-/m1/s1/i1D,2D,3D,4D,5D. The Balaban J connectivity index is 3.67. The first-order valence-corrected chi connectivity index (χ1v) is 9.35. The van der Waals surface area contributed by atoms with E-state index in [1.807, 2.05) is 0 Å². The van der Waals surface area contributed by atoms with Crippen LogP contribution < -0.4 is 5.32 Å². The van der Waals surface area contributed by atoms with Crippen LogP contribution in [-0.4, -0.2) is 66.8 Å². The van der Waals surface area contributed by atoms with Crippen LogP contribution in [0.3, 0.4) is 0 Å². The number of carbonyl (C=O) groups is 6. The average Bonchev–Trinajstić information content (AvgIpc) is 2.95. The fourth-order valence-corrected chi connectivity index (χ4v) is 2.65. The van der Waals surface area contributed by atoms with Gasteiger partial charge in [0, 0.05) is 47.0 Å². The van der Waals surface area contributed by atoms with Crippen LogP contribution in [0.1, 0.15) is 41.4 Å². The number of amides is 1. The fourth-order valence-electron chi connectivity index (χ4n) is 2.65. The van der Waals surface area contributed by atoms with E-state index in [-0.39, 0.29) is 5.69 Å². The topological polar surface area (TPSA) is 161 Å². The summed E-state index contributed by atoms with van der Waals surface area (Å²) in [4.78, 5) is 73.2. The van der Waals surface area contributed by atoms with Crippen molar-refractivity contribution in [1.29, 1.82) is 0 Å². The minimum absolute atomic E-state index is 0.182. The Morgan fingerprint density at radius 3 is 1.85 bits per heavy atom. The molecule has 0 unspecified atom stereocenters. The summed E-state index contributed by atoms with van der Waals surface area (Å²) in [6.07, 6.45) is -8.36. The van der Waals surface area contributed by atoms with Crippen molar-refractivity contribution >= 4 is 41.4 Å². The third-order valence-electron chi connectivity index (χ3n) is 3.77. The maximum absolute atomic E-state index is 13.2. The predicted molar refractivity (Wildman–Crippen MR) is 114 cm³/mol. The zero-order valence-corrected chi connectivity index (χ0v) is 17.9. The van der Waals surface area contributed by atoms with E-state index in [0.717, 1.165) is 0 Å². The lowest BCUT2D eigenvalue weighted by atomic mass is 10.0. The van der Waals surface area contributed by atoms with Gasteiger partial charge in [0.05, 0.1) is 0 Å². The highest BCUT2D eigenvalue weighted by atomic mass is 16.6. The lowest BCUT2D eigenvalue weighted by molar-refractivity contribution is -0.202. The van der Waals surface area contributed by atoms with Crippen molar-refractivity contribution in [2.75, 3.05) is 11.9 Å². The van der Waals surface area contributed by atoms with Crippen LogP contribution in [0, 0.1) is 0 Å². The van der Waals surface area contributed by atoms with E-state index in [9.17, 15) is 28.8 Å². The van der Waals surface area contributed by atoms with Crippen LogP contribution in [-0.2, 0) is 52.5 Å². The molecule has 0 aliphatic heterocycles. The Bertz CT molecular complexity index is 998. The van der Waals surface area contributed by atoms with E-state index in [2.05, 4.69) is 5.32 Å². The lowest BCUT2D eigenvalue weighted by Crippen LogP contribution is -2.56. The van der Waals surface area contributed by atoms with Gasteiger partial charge in [-0.3, -0.25) is 28.8 Å². The molecule has 1 amide bonds. The molecule has 0 spiro atoms. The minimum Gasteiger partial charge on any atom is -0.462 e. The van der Waals surface area contributed by atoms with Gasteiger partial charge in [0.2, 0.25) is 6.10 Å². The monoisotopic (exact) mass is 486 g/mol. The molecular weight excluding hydrogens is 454 g/mol. The Morgan fingerprint density at radius 2 is 1.26 bits per heavy atom. The van der Waals surface area contributed by atoms with E-state index in [1.54, 1.807) is 18.2 Å². The van der Waals surface area contributed by atoms with Gasteiger partial charge in [-0.05, 0) is 12.1 Å². The fraction of sp³-hybridized carbons (Fsp3) is 0.455. The summed E-state index contributed by atoms with van der Waals surface area (Å²) in [5, 5.41) is 2.37. The number of ether oxygens (including phenoxy) is 5. The number of anilines is 1. The van der Waals surface area contributed by atoms with E-state index < -0.39 is 101 Å². The number of carbonyl (C=O) groups excluding carboxylic acids is 6. The van der Waals surface area contributed by atoms with Gasteiger partial charge in [0.25, 0.3) is 5.91 Å². The Morgan fingerprint density at radius 1 is 0.735 bits per heavy atom. The van der Waals surface area contributed by atoms with Crippen molar-refractivity contribution in [2.45, 2.75) is 58.9 Å². The van der Waals surface area contributed by atoms with Crippen molar-refractivity contribution in [3.8, 4) is 0 Å². The van der Waals surface area contributed by atoms with Crippen molar-refractivity contribution in [2.24, 2.45) is 0 Å². The molecule has 34 heavy (non-hydrogen) atoms. The number of para-hydroxylation sites is 1. The third-order valence-corrected chi connectivity index (χ3v) is 3.77. The maximum Gasteiger partial charge on any atom is 0.303 e. The molecule has 0 saturated carbocycles. The van der Waals surface area contributed by atoms with Crippen molar-refractivity contribution < 1.29 is 59.3 Å². The molecule has 12 heteroatoms. The zero-order valence-electron chi connectivity index (χ0n) is 22.9. The molecule has 0 bridgehead atoms. The summed E-state index contributed by atoms with van der Waals surface area (Å²) >= 11 is 0. The molecule has 0 radical (unpaired) electrons. The lowest BCUT2D eigenvalue weighted by Gasteiger charge is -2.34. The molecule has 12 nitrogen and oxygen atoms in total. The van der Waals surface area contributed by atoms with Gasteiger partial charge >= 0.3 is 29.8 Å². The van der Waals surface area contributed by atoms with E-state index >= 15 is 0 Å². The molecule has 0 fully saturated rings. The molecule has 0 aliphatic rings. The predicted octanol–water partition coefficient (Wildman–Crippen LogP) is 0.915. The highest BCUT2D eigenvalue weighted by Gasteiger charge is 2.47. The molecule has 0 heterocycles. The second-order valence-corrected chi connectivity index (χ2v) is 6.39. The normalized spacial score (nSPS) is 15.7. The smallest absolute Gasteiger partial charge is 0.303 e. The average molecular weight is 486 g/mol. The number of nitrogens with one attached hydrogen (secondary N) is 1. The SMILES string of the molecule is [2H]CC(=O)OC[C@@H](OC(=O)C[2H])[C@@H](OC(=O)C[2H])[C@H](OC(=O)C[2H])[C@@H](OC(=O)C[2H])C(=O)Nc1ccccc1. The van der Waals surface area contributed by atoms with E-state index in [4.69, 9.17) is 30.5 Å². The molecule has 1 N–H and O–H groups in total. The largest absolute Gasteiger partial charge is 0.462 e. The Labute approximate surface area is 202 Å². The maximum atomic E-state index is 13.2. The van der Waals surface area contributed by atoms with Crippen molar-refractivity contribution in [1.82, 2.24) is 0 Å². The highest BCUT2D eigenvalue weighted by molar-refractivity contribution is 5.96. The first-order chi connectivity index (χ1) is 18.6. The summed E-state index contributed by atoms with van der Waals surface area (Å²) < 4.78 is 61.2. The van der Waals surface area contributed by atoms with Gasteiger partial charge in [-0.15, -0.1) is 0 Å². The van der Waals surface area contributed by atoms with Crippen molar-refractivity contribution in [3.05, 3.63) is 30.3 Å². The second kappa shape index (κ2) is 13.6. The molecule has 1 aromatic carbocycles. The minimum atomic E-state index is -2.19. The van der Waals surface area contributed by atoms with Gasteiger partial charge in [-0.1, -0.05) is 18.2 Å².